The maximum Gasteiger partial charge on any atom is 0.238 e. The maximum atomic E-state index is 12.6. The molecule has 0 saturated carbocycles. The van der Waals surface area contributed by atoms with Gasteiger partial charge in [0.05, 0.1) is 6.54 Å². The zero-order chi connectivity index (χ0) is 16.8. The number of nitrogens with one attached hydrogen (secondary N) is 1. The summed E-state index contributed by atoms with van der Waals surface area (Å²) < 4.78 is 0. The first-order valence-electron chi connectivity index (χ1n) is 9.14. The zero-order valence-corrected chi connectivity index (χ0v) is 15.2. The van der Waals surface area contributed by atoms with Crippen molar-refractivity contribution in [1.29, 1.82) is 0 Å². The van der Waals surface area contributed by atoms with Crippen LogP contribution < -0.4 is 5.32 Å². The first-order chi connectivity index (χ1) is 11.0. The maximum absolute atomic E-state index is 12.6. The van der Waals surface area contributed by atoms with Gasteiger partial charge in [0.25, 0.3) is 0 Å². The molecule has 1 aromatic carbocycles. The molecule has 0 bridgehead atoms. The summed E-state index contributed by atoms with van der Waals surface area (Å²) in [6.45, 7) is 11.4. The quantitative estimate of drug-likeness (QED) is 0.850. The highest BCUT2D eigenvalue weighted by Crippen LogP contribution is 2.32. The minimum atomic E-state index is 0.127. The average molecular weight is 316 g/mol. The van der Waals surface area contributed by atoms with Crippen LogP contribution in [0.2, 0.25) is 0 Å². The van der Waals surface area contributed by atoms with Crippen molar-refractivity contribution in [2.45, 2.75) is 65.2 Å². The van der Waals surface area contributed by atoms with Crippen molar-refractivity contribution in [1.82, 2.24) is 4.90 Å². The summed E-state index contributed by atoms with van der Waals surface area (Å²) in [5.74, 6) is 0.936. The molecule has 2 rings (SSSR count). The summed E-state index contributed by atoms with van der Waals surface area (Å²) in [6.07, 6.45) is 5.03. The minimum Gasteiger partial charge on any atom is -0.324 e. The third kappa shape index (κ3) is 5.07. The van der Waals surface area contributed by atoms with E-state index in [1.165, 1.54) is 36.8 Å². The Balaban J connectivity index is 2.12. The van der Waals surface area contributed by atoms with E-state index in [1.807, 2.05) is 0 Å². The summed E-state index contributed by atoms with van der Waals surface area (Å²) in [5.41, 5.74) is 3.51. The monoisotopic (exact) mass is 316 g/mol. The molecular formula is C20H32N2O. The van der Waals surface area contributed by atoms with E-state index < -0.39 is 0 Å². The normalized spacial score (nSPS) is 16.6. The topological polar surface area (TPSA) is 32.3 Å². The fourth-order valence-electron chi connectivity index (χ4n) is 3.37. The van der Waals surface area contributed by atoms with Crippen LogP contribution in [0.4, 0.5) is 5.69 Å². The van der Waals surface area contributed by atoms with Gasteiger partial charge in [0, 0.05) is 5.69 Å². The van der Waals surface area contributed by atoms with Crippen molar-refractivity contribution in [3.8, 4) is 0 Å². The molecule has 0 radical (unpaired) electrons. The van der Waals surface area contributed by atoms with E-state index in [0.29, 0.717) is 18.4 Å². The molecule has 1 aliphatic rings. The molecule has 1 heterocycles. The lowest BCUT2D eigenvalue weighted by Crippen LogP contribution is -2.34. The summed E-state index contributed by atoms with van der Waals surface area (Å²) in [6, 6.07) is 6.38. The van der Waals surface area contributed by atoms with Gasteiger partial charge in [-0.1, -0.05) is 58.7 Å². The van der Waals surface area contributed by atoms with E-state index in [9.17, 15) is 4.79 Å². The Morgan fingerprint density at radius 3 is 2.00 bits per heavy atom. The number of nitrogens with zero attached hydrogens (tertiary/aromatic N) is 1. The van der Waals surface area contributed by atoms with Gasteiger partial charge in [-0.05, 0) is 48.9 Å². The molecule has 1 amide bonds. The molecule has 0 spiro atoms. The van der Waals surface area contributed by atoms with E-state index in [-0.39, 0.29) is 5.91 Å². The molecule has 3 nitrogen and oxygen atoms in total. The van der Waals surface area contributed by atoms with Crippen molar-refractivity contribution < 1.29 is 4.79 Å². The summed E-state index contributed by atoms with van der Waals surface area (Å²) >= 11 is 0. The Kier molecular flexibility index (Phi) is 6.64. The van der Waals surface area contributed by atoms with Gasteiger partial charge in [0.1, 0.15) is 0 Å². The third-order valence-corrected chi connectivity index (χ3v) is 4.70. The number of amides is 1. The van der Waals surface area contributed by atoms with E-state index in [4.69, 9.17) is 0 Å². The van der Waals surface area contributed by atoms with Crippen LogP contribution in [-0.4, -0.2) is 30.4 Å². The highest BCUT2D eigenvalue weighted by Gasteiger charge is 2.18. The summed E-state index contributed by atoms with van der Waals surface area (Å²) in [5, 5.41) is 3.23. The van der Waals surface area contributed by atoms with E-state index in [2.05, 4.69) is 56.1 Å². The first kappa shape index (κ1) is 18.0. The number of hydrogen-bond donors (Lipinski definition) is 1. The van der Waals surface area contributed by atoms with E-state index >= 15 is 0 Å². The van der Waals surface area contributed by atoms with Gasteiger partial charge in [-0.15, -0.1) is 0 Å². The van der Waals surface area contributed by atoms with Gasteiger partial charge >= 0.3 is 0 Å². The first-order valence-corrected chi connectivity index (χ1v) is 9.14. The molecule has 0 aromatic heterocycles. The van der Waals surface area contributed by atoms with Crippen LogP contribution in [-0.2, 0) is 4.79 Å². The molecule has 1 aromatic rings. The van der Waals surface area contributed by atoms with Crippen molar-refractivity contribution in [3.63, 3.8) is 0 Å². The van der Waals surface area contributed by atoms with Crippen molar-refractivity contribution in [2.24, 2.45) is 0 Å². The van der Waals surface area contributed by atoms with Gasteiger partial charge < -0.3 is 5.32 Å². The van der Waals surface area contributed by atoms with Crippen molar-refractivity contribution >= 4 is 11.6 Å². The number of likely N-dealkylation sites (tertiary alicyclic amines) is 1. The van der Waals surface area contributed by atoms with E-state index in [0.717, 1.165) is 18.8 Å². The molecule has 0 aliphatic carbocycles. The molecule has 3 heteroatoms. The standard InChI is InChI=1S/C20H32N2O/c1-15(2)17-10-9-11-18(16(3)4)20(17)21-19(23)14-22-12-7-5-6-8-13-22/h9-11,15-16H,5-8,12-14H2,1-4H3,(H,21,23). The average Bonchev–Trinajstić information content (AvgIpc) is 2.75. The van der Waals surface area contributed by atoms with Crippen molar-refractivity contribution in [3.05, 3.63) is 29.3 Å². The lowest BCUT2D eigenvalue weighted by atomic mass is 9.92. The van der Waals surface area contributed by atoms with Crippen LogP contribution in [0, 0.1) is 0 Å². The molecule has 1 saturated heterocycles. The molecule has 1 aliphatic heterocycles. The van der Waals surface area contributed by atoms with Crippen LogP contribution in [0.5, 0.6) is 0 Å². The zero-order valence-electron chi connectivity index (χ0n) is 15.2. The third-order valence-electron chi connectivity index (χ3n) is 4.70. The van der Waals surface area contributed by atoms with Gasteiger partial charge in [0.2, 0.25) is 5.91 Å². The molecule has 1 N–H and O–H groups in total. The van der Waals surface area contributed by atoms with Crippen LogP contribution in [0.15, 0.2) is 18.2 Å². The SMILES string of the molecule is CC(C)c1cccc(C(C)C)c1NC(=O)CN1CCCCCC1. The van der Waals surface area contributed by atoms with Crippen LogP contribution in [0.1, 0.15) is 76.3 Å². The lowest BCUT2D eigenvalue weighted by molar-refractivity contribution is -0.117. The Labute approximate surface area is 141 Å². The minimum absolute atomic E-state index is 0.127. The van der Waals surface area contributed by atoms with E-state index in [1.54, 1.807) is 0 Å². The summed E-state index contributed by atoms with van der Waals surface area (Å²) in [7, 11) is 0. The Morgan fingerprint density at radius 1 is 1.00 bits per heavy atom. The Bertz CT molecular complexity index is 488. The molecule has 0 atom stereocenters. The predicted octanol–water partition coefficient (Wildman–Crippen LogP) is 4.75. The smallest absolute Gasteiger partial charge is 0.238 e. The second kappa shape index (κ2) is 8.49. The second-order valence-corrected chi connectivity index (χ2v) is 7.36. The predicted molar refractivity (Wildman–Crippen MR) is 98.2 cm³/mol. The van der Waals surface area contributed by atoms with Crippen LogP contribution >= 0.6 is 0 Å². The van der Waals surface area contributed by atoms with Gasteiger partial charge in [0.15, 0.2) is 0 Å². The number of benzene rings is 1. The molecule has 0 unspecified atom stereocenters. The molecular weight excluding hydrogens is 284 g/mol. The molecule has 128 valence electrons. The lowest BCUT2D eigenvalue weighted by Gasteiger charge is -2.23. The Morgan fingerprint density at radius 2 is 1.52 bits per heavy atom. The van der Waals surface area contributed by atoms with Gasteiger partial charge in [-0.2, -0.15) is 0 Å². The van der Waals surface area contributed by atoms with Gasteiger partial charge in [-0.3, -0.25) is 9.69 Å². The Hall–Kier alpha value is -1.35. The fourth-order valence-corrected chi connectivity index (χ4v) is 3.37. The summed E-state index contributed by atoms with van der Waals surface area (Å²) in [4.78, 5) is 14.9. The van der Waals surface area contributed by atoms with Gasteiger partial charge in [-0.25, -0.2) is 0 Å². The van der Waals surface area contributed by atoms with Crippen molar-refractivity contribution in [2.75, 3.05) is 25.0 Å². The second-order valence-electron chi connectivity index (χ2n) is 7.36. The highest BCUT2D eigenvalue weighted by atomic mass is 16.2. The number of para-hydroxylation sites is 1. The fraction of sp³-hybridized carbons (Fsp3) is 0.650. The number of hydrogen-bond acceptors (Lipinski definition) is 2. The molecule has 23 heavy (non-hydrogen) atoms. The van der Waals surface area contributed by atoms with Crippen LogP contribution in [0.25, 0.3) is 0 Å². The molecule has 1 fully saturated rings. The van der Waals surface area contributed by atoms with Crippen LogP contribution in [0.3, 0.4) is 0 Å². The highest BCUT2D eigenvalue weighted by molar-refractivity contribution is 5.94. The number of carbonyl (C=O) groups excluding carboxylic acids is 1. The number of anilines is 1. The number of rotatable bonds is 5. The largest absolute Gasteiger partial charge is 0.324 e. The number of carbonyl (C=O) groups is 1.